The lowest BCUT2D eigenvalue weighted by Gasteiger charge is -2.42. The number of pyridine rings is 1. The number of ether oxygens (including phenoxy) is 1. The normalized spacial score (nSPS) is 18.9. The molecule has 0 bridgehead atoms. The summed E-state index contributed by atoms with van der Waals surface area (Å²) in [4.78, 5) is 33.2. The topological polar surface area (TPSA) is 97.5 Å². The first-order chi connectivity index (χ1) is 20.2. The number of rotatable bonds is 7. The van der Waals surface area contributed by atoms with Gasteiger partial charge in [-0.05, 0) is 56.9 Å². The minimum absolute atomic E-state index is 0.0320. The SMILES string of the molecule is CCC1=CC2C(=O)C(C(=O)Nc3ccc(Oc4ccnc(C)c4/C(=C\N)c4ccccc4)c(F)c3)=C(C)N(C)C2CC1. The van der Waals surface area contributed by atoms with Crippen LogP contribution < -0.4 is 15.8 Å². The fourth-order valence-electron chi connectivity index (χ4n) is 5.86. The molecule has 2 unspecified atom stereocenters. The van der Waals surface area contributed by atoms with E-state index in [9.17, 15) is 9.59 Å². The van der Waals surface area contributed by atoms with Crippen molar-refractivity contribution in [3.8, 4) is 11.5 Å². The zero-order chi connectivity index (χ0) is 30.0. The van der Waals surface area contributed by atoms with Gasteiger partial charge in [0.25, 0.3) is 5.91 Å². The number of hydrogen-bond acceptors (Lipinski definition) is 6. The maximum Gasteiger partial charge on any atom is 0.261 e. The molecule has 2 heterocycles. The first-order valence-electron chi connectivity index (χ1n) is 14.1. The molecule has 3 aromatic rings. The average molecular weight is 567 g/mol. The summed E-state index contributed by atoms with van der Waals surface area (Å²) in [6.07, 6.45) is 7.80. The fraction of sp³-hybridized carbons (Fsp3) is 0.265. The number of allylic oxidation sites excluding steroid dienone is 2. The molecule has 2 atom stereocenters. The van der Waals surface area contributed by atoms with E-state index in [0.717, 1.165) is 24.8 Å². The van der Waals surface area contributed by atoms with Crippen molar-refractivity contribution >= 4 is 23.0 Å². The second-order valence-electron chi connectivity index (χ2n) is 10.7. The van der Waals surface area contributed by atoms with Crippen LogP contribution in [0.25, 0.3) is 5.57 Å². The summed E-state index contributed by atoms with van der Waals surface area (Å²) in [5, 5.41) is 2.72. The van der Waals surface area contributed by atoms with Crippen LogP contribution in [0.15, 0.2) is 89.9 Å². The molecule has 1 aliphatic carbocycles. The highest BCUT2D eigenvalue weighted by Crippen LogP contribution is 2.38. The number of aromatic nitrogens is 1. The molecular formula is C34H35FN4O3. The molecule has 1 aliphatic heterocycles. The van der Waals surface area contributed by atoms with Crippen LogP contribution in [0.1, 0.15) is 49.9 Å². The van der Waals surface area contributed by atoms with Crippen LogP contribution in [0.3, 0.4) is 0 Å². The first-order valence-corrected chi connectivity index (χ1v) is 14.1. The molecule has 0 spiro atoms. The van der Waals surface area contributed by atoms with Crippen molar-refractivity contribution in [1.29, 1.82) is 0 Å². The summed E-state index contributed by atoms with van der Waals surface area (Å²) < 4.78 is 21.4. The minimum atomic E-state index is -0.674. The van der Waals surface area contributed by atoms with Crippen LogP contribution in [-0.4, -0.2) is 34.7 Å². The van der Waals surface area contributed by atoms with E-state index in [1.165, 1.54) is 23.9 Å². The van der Waals surface area contributed by atoms with Crippen LogP contribution in [-0.2, 0) is 9.59 Å². The van der Waals surface area contributed by atoms with Gasteiger partial charge in [0.1, 0.15) is 11.3 Å². The lowest BCUT2D eigenvalue weighted by molar-refractivity contribution is -0.124. The Morgan fingerprint density at radius 3 is 2.62 bits per heavy atom. The molecule has 216 valence electrons. The van der Waals surface area contributed by atoms with Gasteiger partial charge in [-0.25, -0.2) is 4.39 Å². The van der Waals surface area contributed by atoms with E-state index < -0.39 is 11.7 Å². The first kappa shape index (κ1) is 28.8. The van der Waals surface area contributed by atoms with E-state index in [-0.39, 0.29) is 34.8 Å². The number of nitrogens with one attached hydrogen (secondary N) is 1. The second kappa shape index (κ2) is 12.0. The number of carbonyl (C=O) groups excluding carboxylic acids is 2. The summed E-state index contributed by atoms with van der Waals surface area (Å²) in [6, 6.07) is 15.4. The molecule has 0 radical (unpaired) electrons. The van der Waals surface area contributed by atoms with Gasteiger partial charge in [-0.1, -0.05) is 48.9 Å². The Morgan fingerprint density at radius 1 is 1.17 bits per heavy atom. The lowest BCUT2D eigenvalue weighted by atomic mass is 9.76. The monoisotopic (exact) mass is 566 g/mol. The number of halogens is 1. The number of anilines is 1. The number of fused-ring (bicyclic) bond motifs is 1. The number of carbonyl (C=O) groups is 2. The number of nitrogens with zero attached hydrogens (tertiary/aromatic N) is 2. The Kier molecular flexibility index (Phi) is 8.24. The molecule has 0 fully saturated rings. The van der Waals surface area contributed by atoms with Crippen LogP contribution in [0.2, 0.25) is 0 Å². The molecule has 1 amide bonds. The van der Waals surface area contributed by atoms with E-state index in [0.29, 0.717) is 28.3 Å². The largest absolute Gasteiger partial charge is 0.454 e. The summed E-state index contributed by atoms with van der Waals surface area (Å²) in [5.41, 5.74) is 11.1. The highest BCUT2D eigenvalue weighted by molar-refractivity contribution is 6.25. The molecule has 1 aromatic heterocycles. The predicted octanol–water partition coefficient (Wildman–Crippen LogP) is 6.51. The molecule has 7 nitrogen and oxygen atoms in total. The minimum Gasteiger partial charge on any atom is -0.454 e. The van der Waals surface area contributed by atoms with Crippen molar-refractivity contribution in [2.75, 3.05) is 12.4 Å². The van der Waals surface area contributed by atoms with Gasteiger partial charge >= 0.3 is 0 Å². The molecule has 0 saturated carbocycles. The van der Waals surface area contributed by atoms with Gasteiger partial charge in [-0.3, -0.25) is 14.6 Å². The Bertz CT molecular complexity index is 1630. The Morgan fingerprint density at radius 2 is 1.93 bits per heavy atom. The zero-order valence-electron chi connectivity index (χ0n) is 24.3. The van der Waals surface area contributed by atoms with Crippen LogP contribution in [0.4, 0.5) is 10.1 Å². The third kappa shape index (κ3) is 5.44. The van der Waals surface area contributed by atoms with Gasteiger partial charge in [-0.2, -0.15) is 0 Å². The third-order valence-electron chi connectivity index (χ3n) is 8.24. The van der Waals surface area contributed by atoms with Gasteiger partial charge in [-0.15, -0.1) is 0 Å². The molecule has 42 heavy (non-hydrogen) atoms. The van der Waals surface area contributed by atoms with Crippen molar-refractivity contribution in [2.24, 2.45) is 11.7 Å². The Labute approximate surface area is 245 Å². The molecule has 2 aliphatic rings. The van der Waals surface area contributed by atoms with E-state index in [2.05, 4.69) is 17.2 Å². The second-order valence-corrected chi connectivity index (χ2v) is 10.7. The van der Waals surface area contributed by atoms with Gasteiger partial charge in [0.05, 0.1) is 5.92 Å². The standard InChI is InChI=1S/C34H35FN4O3/c1-5-22-11-13-28-25(17-22)33(40)32(21(3)39(28)4)34(41)38-24-12-14-29(27(35)18-24)42-30-15-16-37-20(2)31(30)26(19-36)23-9-7-6-8-10-23/h6-10,12,14-19,25,28H,5,11,13,36H2,1-4H3,(H,38,41)/b26-19-. The fourth-order valence-corrected chi connectivity index (χ4v) is 5.86. The van der Waals surface area contributed by atoms with Crippen molar-refractivity contribution < 1.29 is 18.7 Å². The number of benzene rings is 2. The lowest BCUT2D eigenvalue weighted by Crippen LogP contribution is -2.48. The molecule has 8 heteroatoms. The van der Waals surface area contributed by atoms with Crippen molar-refractivity contribution in [2.45, 2.75) is 46.1 Å². The van der Waals surface area contributed by atoms with E-state index in [1.807, 2.05) is 55.3 Å². The van der Waals surface area contributed by atoms with Crippen molar-refractivity contribution in [3.05, 3.63) is 113 Å². The van der Waals surface area contributed by atoms with E-state index >= 15 is 4.39 Å². The van der Waals surface area contributed by atoms with Crippen molar-refractivity contribution in [1.82, 2.24) is 9.88 Å². The third-order valence-corrected chi connectivity index (χ3v) is 8.24. The predicted molar refractivity (Wildman–Crippen MR) is 162 cm³/mol. The van der Waals surface area contributed by atoms with E-state index in [4.69, 9.17) is 10.5 Å². The molecule has 3 N–H and O–H groups in total. The summed E-state index contributed by atoms with van der Waals surface area (Å²) >= 11 is 0. The summed E-state index contributed by atoms with van der Waals surface area (Å²) in [7, 11) is 1.92. The van der Waals surface area contributed by atoms with Gasteiger partial charge in [0.15, 0.2) is 17.3 Å². The van der Waals surface area contributed by atoms with Crippen LogP contribution in [0.5, 0.6) is 11.5 Å². The maximum atomic E-state index is 15.4. The Balaban J connectivity index is 1.38. The number of Topliss-reactive ketones (excluding diaryl/α,β-unsaturated/α-hetero) is 1. The molecule has 2 aromatic carbocycles. The van der Waals surface area contributed by atoms with Gasteiger partial charge < -0.3 is 20.7 Å². The smallest absolute Gasteiger partial charge is 0.261 e. The van der Waals surface area contributed by atoms with Crippen molar-refractivity contribution in [3.63, 3.8) is 0 Å². The maximum absolute atomic E-state index is 15.4. The number of hydrogen-bond donors (Lipinski definition) is 2. The Hall–Kier alpha value is -4.72. The summed E-state index contributed by atoms with van der Waals surface area (Å²) in [5.74, 6) is -1.43. The number of nitrogens with two attached hydrogens (primary N) is 1. The molecular weight excluding hydrogens is 531 g/mol. The number of amides is 1. The van der Waals surface area contributed by atoms with Crippen LogP contribution in [0, 0.1) is 18.7 Å². The van der Waals surface area contributed by atoms with Gasteiger partial charge in [0.2, 0.25) is 0 Å². The quantitative estimate of drug-likeness (QED) is 0.250. The number of ketones is 1. The molecule has 5 rings (SSSR count). The highest BCUT2D eigenvalue weighted by atomic mass is 19.1. The average Bonchev–Trinajstić information content (AvgIpc) is 2.99. The summed E-state index contributed by atoms with van der Waals surface area (Å²) in [6.45, 7) is 5.69. The van der Waals surface area contributed by atoms with Gasteiger partial charge in [0, 0.05) is 59.8 Å². The highest BCUT2D eigenvalue weighted by Gasteiger charge is 2.42. The van der Waals surface area contributed by atoms with E-state index in [1.54, 1.807) is 25.3 Å². The zero-order valence-corrected chi connectivity index (χ0v) is 24.3. The van der Waals surface area contributed by atoms with Crippen LogP contribution >= 0.6 is 0 Å². The molecule has 0 saturated heterocycles. The number of aryl methyl sites for hydroxylation is 1.